The lowest BCUT2D eigenvalue weighted by Gasteiger charge is -2.35. The quantitative estimate of drug-likeness (QED) is 0.839. The van der Waals surface area contributed by atoms with Crippen LogP contribution >= 0.6 is 0 Å². The monoisotopic (exact) mass is 234 g/mol. The molecule has 0 aliphatic heterocycles. The van der Waals surface area contributed by atoms with Gasteiger partial charge in [0.05, 0.1) is 0 Å². The molecule has 0 amide bonds. The molecular weight excluding hydrogens is 208 g/mol. The van der Waals surface area contributed by atoms with Crippen molar-refractivity contribution in [2.24, 2.45) is 5.41 Å². The summed E-state index contributed by atoms with van der Waals surface area (Å²) in [4.78, 5) is 2.41. The van der Waals surface area contributed by atoms with E-state index in [1.165, 1.54) is 5.69 Å². The Labute approximate surface area is 106 Å². The Morgan fingerprint density at radius 3 is 2.29 bits per heavy atom. The van der Waals surface area contributed by atoms with E-state index < -0.39 is 0 Å². The summed E-state index contributed by atoms with van der Waals surface area (Å²) in [5.41, 5.74) is 1.53. The van der Waals surface area contributed by atoms with Crippen molar-refractivity contribution >= 4 is 5.69 Å². The Balaban J connectivity index is 2.32. The van der Waals surface area contributed by atoms with Crippen molar-refractivity contribution in [1.82, 2.24) is 4.90 Å². The molecule has 0 fully saturated rings. The van der Waals surface area contributed by atoms with E-state index in [0.29, 0.717) is 11.5 Å². The minimum absolute atomic E-state index is 0.335. The predicted molar refractivity (Wildman–Crippen MR) is 76.5 cm³/mol. The third kappa shape index (κ3) is 4.78. The van der Waals surface area contributed by atoms with Crippen molar-refractivity contribution in [2.45, 2.75) is 33.7 Å². The number of para-hydroxylation sites is 1. The van der Waals surface area contributed by atoms with E-state index in [2.05, 4.69) is 69.2 Å². The first kappa shape index (κ1) is 14.0. The number of benzene rings is 1. The van der Waals surface area contributed by atoms with Gasteiger partial charge >= 0.3 is 0 Å². The van der Waals surface area contributed by atoms with Crippen LogP contribution in [0.2, 0.25) is 0 Å². The predicted octanol–water partition coefficient (Wildman–Crippen LogP) is 3.46. The summed E-state index contributed by atoms with van der Waals surface area (Å²) in [6.07, 6.45) is 0. The minimum atomic E-state index is 0.335. The maximum Gasteiger partial charge on any atom is 0.0340 e. The fourth-order valence-electron chi connectivity index (χ4n) is 1.79. The molecule has 1 rings (SSSR count). The molecule has 0 aliphatic rings. The van der Waals surface area contributed by atoms with Crippen molar-refractivity contribution < 1.29 is 0 Å². The lowest BCUT2D eigenvalue weighted by Crippen LogP contribution is -2.41. The number of hydrogen-bond acceptors (Lipinski definition) is 2. The molecule has 1 aromatic rings. The van der Waals surface area contributed by atoms with Crippen molar-refractivity contribution in [3.8, 4) is 0 Å². The fourth-order valence-corrected chi connectivity index (χ4v) is 1.79. The van der Waals surface area contributed by atoms with Gasteiger partial charge in [-0.15, -0.1) is 0 Å². The van der Waals surface area contributed by atoms with Gasteiger partial charge in [0.2, 0.25) is 0 Å². The molecule has 0 bridgehead atoms. The smallest absolute Gasteiger partial charge is 0.0340 e. The van der Waals surface area contributed by atoms with E-state index in [-0.39, 0.29) is 0 Å². The van der Waals surface area contributed by atoms with Gasteiger partial charge in [-0.25, -0.2) is 0 Å². The van der Waals surface area contributed by atoms with Crippen molar-refractivity contribution in [2.75, 3.05) is 25.5 Å². The molecule has 1 aromatic carbocycles. The summed E-state index contributed by atoms with van der Waals surface area (Å²) >= 11 is 0. The van der Waals surface area contributed by atoms with Gasteiger partial charge in [-0.3, -0.25) is 0 Å². The normalized spacial score (nSPS) is 13.8. The molecule has 2 nitrogen and oxygen atoms in total. The maximum absolute atomic E-state index is 3.44. The number of nitrogens with one attached hydrogen (secondary N) is 1. The molecule has 1 unspecified atom stereocenters. The van der Waals surface area contributed by atoms with Crippen LogP contribution in [0, 0.1) is 5.41 Å². The Morgan fingerprint density at radius 2 is 1.76 bits per heavy atom. The Hall–Kier alpha value is -1.02. The highest BCUT2D eigenvalue weighted by molar-refractivity contribution is 5.42. The Bertz CT molecular complexity index is 313. The molecule has 1 atom stereocenters. The standard InChI is InChI=1S/C15H26N2/c1-13(15(2,3)4)17(5)12-11-16-14-9-7-6-8-10-14/h6-10,13,16H,11-12H2,1-5H3. The highest BCUT2D eigenvalue weighted by atomic mass is 15.1. The highest BCUT2D eigenvalue weighted by Gasteiger charge is 2.23. The van der Waals surface area contributed by atoms with E-state index in [1.807, 2.05) is 6.07 Å². The largest absolute Gasteiger partial charge is 0.384 e. The van der Waals surface area contributed by atoms with Crippen LogP contribution < -0.4 is 5.32 Å². The summed E-state index contributed by atoms with van der Waals surface area (Å²) in [6, 6.07) is 11.0. The molecule has 0 aromatic heterocycles. The number of anilines is 1. The zero-order valence-electron chi connectivity index (χ0n) is 11.8. The second-order valence-corrected chi connectivity index (χ2v) is 5.82. The first-order valence-electron chi connectivity index (χ1n) is 6.40. The van der Waals surface area contributed by atoms with E-state index >= 15 is 0 Å². The van der Waals surface area contributed by atoms with Crippen molar-refractivity contribution in [1.29, 1.82) is 0 Å². The summed E-state index contributed by atoms with van der Waals surface area (Å²) < 4.78 is 0. The molecule has 0 aliphatic carbocycles. The molecule has 0 radical (unpaired) electrons. The van der Waals surface area contributed by atoms with Gasteiger partial charge in [0.1, 0.15) is 0 Å². The number of nitrogens with zero attached hydrogens (tertiary/aromatic N) is 1. The molecule has 0 saturated carbocycles. The van der Waals surface area contributed by atoms with Gasteiger partial charge < -0.3 is 10.2 Å². The zero-order chi connectivity index (χ0) is 12.9. The summed E-state index contributed by atoms with van der Waals surface area (Å²) in [5, 5.41) is 3.44. The molecule has 0 saturated heterocycles. The van der Waals surface area contributed by atoms with Crippen LogP contribution in [0.5, 0.6) is 0 Å². The van der Waals surface area contributed by atoms with Gasteiger partial charge in [0.25, 0.3) is 0 Å². The first-order chi connectivity index (χ1) is 7.91. The van der Waals surface area contributed by atoms with Gasteiger partial charge in [-0.1, -0.05) is 39.0 Å². The first-order valence-corrected chi connectivity index (χ1v) is 6.40. The molecule has 17 heavy (non-hydrogen) atoms. The van der Waals surface area contributed by atoms with Crippen LogP contribution in [-0.4, -0.2) is 31.1 Å². The average molecular weight is 234 g/mol. The molecule has 1 N–H and O–H groups in total. The number of likely N-dealkylation sites (N-methyl/N-ethyl adjacent to an activating group) is 1. The minimum Gasteiger partial charge on any atom is -0.384 e. The summed E-state index contributed by atoms with van der Waals surface area (Å²) in [7, 11) is 2.20. The Kier molecular flexibility index (Phi) is 5.01. The second kappa shape index (κ2) is 6.06. The topological polar surface area (TPSA) is 15.3 Å². The van der Waals surface area contributed by atoms with Crippen LogP contribution in [0.1, 0.15) is 27.7 Å². The summed E-state index contributed by atoms with van der Waals surface area (Å²) in [5.74, 6) is 0. The van der Waals surface area contributed by atoms with E-state index in [0.717, 1.165) is 13.1 Å². The third-order valence-electron chi connectivity index (χ3n) is 3.48. The highest BCUT2D eigenvalue weighted by Crippen LogP contribution is 2.22. The molecule has 0 spiro atoms. The van der Waals surface area contributed by atoms with Crippen molar-refractivity contribution in [3.63, 3.8) is 0 Å². The van der Waals surface area contributed by atoms with Gasteiger partial charge in [-0.2, -0.15) is 0 Å². The lowest BCUT2D eigenvalue weighted by atomic mass is 9.87. The molecule has 96 valence electrons. The van der Waals surface area contributed by atoms with Gasteiger partial charge in [0, 0.05) is 24.8 Å². The number of hydrogen-bond donors (Lipinski definition) is 1. The average Bonchev–Trinajstić information content (AvgIpc) is 2.28. The molecular formula is C15H26N2. The van der Waals surface area contributed by atoms with E-state index in [4.69, 9.17) is 0 Å². The van der Waals surface area contributed by atoms with Crippen molar-refractivity contribution in [3.05, 3.63) is 30.3 Å². The van der Waals surface area contributed by atoms with Crippen LogP contribution in [0.4, 0.5) is 5.69 Å². The fraction of sp³-hybridized carbons (Fsp3) is 0.600. The Morgan fingerprint density at radius 1 is 1.18 bits per heavy atom. The zero-order valence-corrected chi connectivity index (χ0v) is 11.8. The van der Waals surface area contributed by atoms with Gasteiger partial charge in [0.15, 0.2) is 0 Å². The van der Waals surface area contributed by atoms with E-state index in [1.54, 1.807) is 0 Å². The molecule has 0 heterocycles. The maximum atomic E-state index is 3.44. The number of rotatable bonds is 5. The second-order valence-electron chi connectivity index (χ2n) is 5.82. The summed E-state index contributed by atoms with van der Waals surface area (Å²) in [6.45, 7) is 11.2. The third-order valence-corrected chi connectivity index (χ3v) is 3.48. The SMILES string of the molecule is CC(N(C)CCNc1ccccc1)C(C)(C)C. The van der Waals surface area contributed by atoms with Crippen LogP contribution in [0.3, 0.4) is 0 Å². The lowest BCUT2D eigenvalue weighted by molar-refractivity contribution is 0.146. The van der Waals surface area contributed by atoms with Crippen LogP contribution in [0.25, 0.3) is 0 Å². The molecule has 2 heteroatoms. The van der Waals surface area contributed by atoms with Crippen LogP contribution in [0.15, 0.2) is 30.3 Å². The van der Waals surface area contributed by atoms with Crippen LogP contribution in [-0.2, 0) is 0 Å². The van der Waals surface area contributed by atoms with E-state index in [9.17, 15) is 0 Å². The van der Waals surface area contributed by atoms with Gasteiger partial charge in [-0.05, 0) is 31.5 Å².